The van der Waals surface area contributed by atoms with E-state index < -0.39 is 10.0 Å². The minimum atomic E-state index is -3.70. The third-order valence-electron chi connectivity index (χ3n) is 4.37. The summed E-state index contributed by atoms with van der Waals surface area (Å²) in [6, 6.07) is 22.3. The molecule has 5 nitrogen and oxygen atoms in total. The molecule has 144 valence electrons. The summed E-state index contributed by atoms with van der Waals surface area (Å²) in [7, 11) is -3.70. The highest BCUT2D eigenvalue weighted by molar-refractivity contribution is 7.89. The van der Waals surface area contributed by atoms with Crippen LogP contribution in [0.4, 0.5) is 5.69 Å². The van der Waals surface area contributed by atoms with Crippen molar-refractivity contribution in [2.75, 3.05) is 5.32 Å². The van der Waals surface area contributed by atoms with Crippen molar-refractivity contribution in [2.24, 2.45) is 0 Å². The van der Waals surface area contributed by atoms with Gasteiger partial charge in [0, 0.05) is 17.3 Å². The van der Waals surface area contributed by atoms with Crippen molar-refractivity contribution >= 4 is 21.6 Å². The molecule has 1 atom stereocenters. The lowest BCUT2D eigenvalue weighted by atomic mass is 10.1. The summed E-state index contributed by atoms with van der Waals surface area (Å²) >= 11 is 0. The highest BCUT2D eigenvalue weighted by atomic mass is 32.2. The molecule has 1 unspecified atom stereocenters. The topological polar surface area (TPSA) is 75.3 Å². The van der Waals surface area contributed by atoms with E-state index in [2.05, 4.69) is 10.0 Å². The van der Waals surface area contributed by atoms with E-state index in [4.69, 9.17) is 0 Å². The fraction of sp³-hybridized carbons (Fsp3) is 0.136. The molecule has 2 N–H and O–H groups in total. The van der Waals surface area contributed by atoms with Crippen molar-refractivity contribution < 1.29 is 13.2 Å². The average molecular weight is 394 g/mol. The molecular weight excluding hydrogens is 372 g/mol. The SMILES string of the molecule is Cc1ccc(NC(=O)c2ccc(S(=O)(=O)NC(C)c3ccccc3)cc2)cc1. The maximum atomic E-state index is 12.6. The number of benzene rings is 3. The quantitative estimate of drug-likeness (QED) is 0.655. The van der Waals surface area contributed by atoms with Gasteiger partial charge in [0.25, 0.3) is 5.91 Å². The lowest BCUT2D eigenvalue weighted by molar-refractivity contribution is 0.102. The van der Waals surface area contributed by atoms with E-state index in [0.717, 1.165) is 11.1 Å². The number of carbonyl (C=O) groups is 1. The number of hydrogen-bond donors (Lipinski definition) is 2. The fourth-order valence-corrected chi connectivity index (χ4v) is 3.97. The lowest BCUT2D eigenvalue weighted by Gasteiger charge is -2.15. The number of hydrogen-bond acceptors (Lipinski definition) is 3. The summed E-state index contributed by atoms with van der Waals surface area (Å²) in [5.74, 6) is -0.293. The Morgan fingerprint density at radius 3 is 2.07 bits per heavy atom. The van der Waals surface area contributed by atoms with Crippen LogP contribution in [0, 0.1) is 6.92 Å². The molecule has 0 saturated heterocycles. The molecular formula is C22H22N2O3S. The summed E-state index contributed by atoms with van der Waals surface area (Å²) in [5.41, 5.74) is 3.05. The van der Waals surface area contributed by atoms with Gasteiger partial charge in [-0.05, 0) is 55.8 Å². The summed E-state index contributed by atoms with van der Waals surface area (Å²) in [5, 5.41) is 2.79. The second-order valence-corrected chi connectivity index (χ2v) is 8.31. The van der Waals surface area contributed by atoms with E-state index in [-0.39, 0.29) is 16.8 Å². The monoisotopic (exact) mass is 394 g/mol. The van der Waals surface area contributed by atoms with Crippen LogP contribution >= 0.6 is 0 Å². The Morgan fingerprint density at radius 1 is 0.857 bits per heavy atom. The zero-order valence-electron chi connectivity index (χ0n) is 15.7. The maximum absolute atomic E-state index is 12.6. The van der Waals surface area contributed by atoms with Crippen molar-refractivity contribution in [1.29, 1.82) is 0 Å². The first-order valence-corrected chi connectivity index (χ1v) is 10.4. The third-order valence-corrected chi connectivity index (χ3v) is 5.92. The number of aryl methyl sites for hydroxylation is 1. The van der Waals surface area contributed by atoms with Crippen LogP contribution in [0.5, 0.6) is 0 Å². The predicted molar refractivity (Wildman–Crippen MR) is 111 cm³/mol. The zero-order chi connectivity index (χ0) is 20.1. The van der Waals surface area contributed by atoms with E-state index in [0.29, 0.717) is 11.3 Å². The second-order valence-electron chi connectivity index (χ2n) is 6.60. The molecule has 0 radical (unpaired) electrons. The summed E-state index contributed by atoms with van der Waals surface area (Å²) in [6.45, 7) is 3.76. The minimum Gasteiger partial charge on any atom is -0.322 e. The average Bonchev–Trinajstić information content (AvgIpc) is 2.70. The first-order valence-electron chi connectivity index (χ1n) is 8.90. The molecule has 3 rings (SSSR count). The molecule has 1 amide bonds. The largest absolute Gasteiger partial charge is 0.322 e. The van der Waals surface area contributed by atoms with E-state index >= 15 is 0 Å². The molecule has 3 aromatic rings. The van der Waals surface area contributed by atoms with Crippen LogP contribution < -0.4 is 10.0 Å². The van der Waals surface area contributed by atoms with E-state index in [1.165, 1.54) is 24.3 Å². The van der Waals surface area contributed by atoms with Crippen molar-refractivity contribution in [3.05, 3.63) is 95.6 Å². The molecule has 0 heterocycles. The summed E-state index contributed by atoms with van der Waals surface area (Å²) < 4.78 is 27.9. The maximum Gasteiger partial charge on any atom is 0.255 e. The molecule has 0 aliphatic heterocycles. The number of nitrogens with one attached hydrogen (secondary N) is 2. The molecule has 28 heavy (non-hydrogen) atoms. The highest BCUT2D eigenvalue weighted by Gasteiger charge is 2.19. The standard InChI is InChI=1S/C22H22N2O3S/c1-16-8-12-20(13-9-16)23-22(25)19-10-14-21(15-11-19)28(26,27)24-17(2)18-6-4-3-5-7-18/h3-15,17,24H,1-2H3,(H,23,25). The van der Waals surface area contributed by atoms with Crippen molar-refractivity contribution in [3.8, 4) is 0 Å². The molecule has 0 aliphatic carbocycles. The highest BCUT2D eigenvalue weighted by Crippen LogP contribution is 2.18. The number of carbonyl (C=O) groups excluding carboxylic acids is 1. The Balaban J connectivity index is 1.70. The number of anilines is 1. The number of amides is 1. The normalized spacial score (nSPS) is 12.4. The molecule has 0 fully saturated rings. The van der Waals surface area contributed by atoms with Crippen molar-refractivity contribution in [1.82, 2.24) is 4.72 Å². The van der Waals surface area contributed by atoms with Crippen LogP contribution in [-0.2, 0) is 10.0 Å². The molecule has 0 aromatic heterocycles. The van der Waals surface area contributed by atoms with Gasteiger partial charge in [-0.25, -0.2) is 13.1 Å². The van der Waals surface area contributed by atoms with Crippen LogP contribution in [0.15, 0.2) is 83.8 Å². The Hall–Kier alpha value is -2.96. The first kappa shape index (κ1) is 19.8. The third kappa shape index (κ3) is 4.85. The zero-order valence-corrected chi connectivity index (χ0v) is 16.5. The van der Waals surface area contributed by atoms with Gasteiger partial charge in [-0.15, -0.1) is 0 Å². The molecule has 0 bridgehead atoms. The Morgan fingerprint density at radius 2 is 1.46 bits per heavy atom. The van der Waals surface area contributed by atoms with Gasteiger partial charge in [0.15, 0.2) is 0 Å². The van der Waals surface area contributed by atoms with E-state index in [1.807, 2.05) is 61.5 Å². The van der Waals surface area contributed by atoms with Crippen molar-refractivity contribution in [3.63, 3.8) is 0 Å². The summed E-state index contributed by atoms with van der Waals surface area (Å²) in [6.07, 6.45) is 0. The van der Waals surface area contributed by atoms with E-state index in [9.17, 15) is 13.2 Å². The van der Waals surface area contributed by atoms with Crippen LogP contribution in [-0.4, -0.2) is 14.3 Å². The minimum absolute atomic E-state index is 0.113. The molecule has 0 aliphatic rings. The van der Waals surface area contributed by atoms with Crippen LogP contribution in [0.1, 0.15) is 34.5 Å². The van der Waals surface area contributed by atoms with E-state index in [1.54, 1.807) is 6.92 Å². The molecule has 3 aromatic carbocycles. The Kier molecular flexibility index (Phi) is 5.92. The van der Waals surface area contributed by atoms with Gasteiger partial charge in [-0.3, -0.25) is 4.79 Å². The van der Waals surface area contributed by atoms with Gasteiger partial charge in [0.2, 0.25) is 10.0 Å². The Bertz CT molecular complexity index is 1050. The number of sulfonamides is 1. The second kappa shape index (κ2) is 8.37. The van der Waals surface area contributed by atoms with Crippen LogP contribution in [0.2, 0.25) is 0 Å². The van der Waals surface area contributed by atoms with Gasteiger partial charge in [-0.2, -0.15) is 0 Å². The molecule has 0 spiro atoms. The molecule has 0 saturated carbocycles. The number of rotatable bonds is 6. The van der Waals surface area contributed by atoms with Crippen LogP contribution in [0.25, 0.3) is 0 Å². The molecule has 6 heteroatoms. The van der Waals surface area contributed by atoms with Gasteiger partial charge < -0.3 is 5.32 Å². The lowest BCUT2D eigenvalue weighted by Crippen LogP contribution is -2.27. The van der Waals surface area contributed by atoms with Gasteiger partial charge in [0.05, 0.1) is 4.90 Å². The van der Waals surface area contributed by atoms with Gasteiger partial charge in [0.1, 0.15) is 0 Å². The van der Waals surface area contributed by atoms with Gasteiger partial charge >= 0.3 is 0 Å². The van der Waals surface area contributed by atoms with Crippen molar-refractivity contribution in [2.45, 2.75) is 24.8 Å². The fourth-order valence-electron chi connectivity index (χ4n) is 2.74. The smallest absolute Gasteiger partial charge is 0.255 e. The van der Waals surface area contributed by atoms with Crippen LogP contribution in [0.3, 0.4) is 0 Å². The Labute approximate surface area is 165 Å². The predicted octanol–water partition coefficient (Wildman–Crippen LogP) is 4.29. The first-order chi connectivity index (χ1) is 13.3. The van der Waals surface area contributed by atoms with Gasteiger partial charge in [-0.1, -0.05) is 48.0 Å². The summed E-state index contributed by atoms with van der Waals surface area (Å²) in [4.78, 5) is 12.5.